The number of ketones is 1. The summed E-state index contributed by atoms with van der Waals surface area (Å²) in [6, 6.07) is 4.08. The number of carbonyl (C=O) groups is 1. The van der Waals surface area contributed by atoms with Gasteiger partial charge in [-0.25, -0.2) is 0 Å². The van der Waals surface area contributed by atoms with Crippen LogP contribution in [0.4, 0.5) is 5.69 Å². The Morgan fingerprint density at radius 1 is 1.61 bits per heavy atom. The number of nitro groups is 1. The van der Waals surface area contributed by atoms with Crippen molar-refractivity contribution in [3.05, 3.63) is 39.4 Å². The van der Waals surface area contributed by atoms with Gasteiger partial charge in [0.15, 0.2) is 11.5 Å². The fraction of sp³-hybridized carbons (Fsp3) is 0.429. The van der Waals surface area contributed by atoms with Crippen LogP contribution in [-0.2, 0) is 9.47 Å². The highest BCUT2D eigenvalue weighted by atomic mass is 16.7. The summed E-state index contributed by atoms with van der Waals surface area (Å²) in [6.07, 6.45) is 0.214. The third kappa shape index (κ3) is 3.98. The Morgan fingerprint density at radius 3 is 2.91 bits per heavy atom. The summed E-state index contributed by atoms with van der Waals surface area (Å²) in [5, 5.41) is 11.3. The molecule has 2 rings (SSSR count). The van der Waals surface area contributed by atoms with Crippen molar-refractivity contribution >= 4 is 17.7 Å². The summed E-state index contributed by atoms with van der Waals surface area (Å²) >= 11 is 0. The molecular weight excluding hydrogens is 306 g/mol. The molecule has 122 valence electrons. The Kier molecular flexibility index (Phi) is 4.85. The molecule has 0 spiro atoms. The van der Waals surface area contributed by atoms with Gasteiger partial charge in [-0.1, -0.05) is 6.07 Å². The lowest BCUT2D eigenvalue weighted by Gasteiger charge is -2.17. The largest absolute Gasteiger partial charge is 0.484 e. The molecule has 0 aliphatic carbocycles. The normalized spacial score (nSPS) is 19.0. The average molecular weight is 321 g/mol. The highest BCUT2D eigenvalue weighted by molar-refractivity contribution is 6.34. The molecule has 0 radical (unpaired) electrons. The van der Waals surface area contributed by atoms with Crippen LogP contribution in [0.15, 0.2) is 18.2 Å². The Morgan fingerprint density at radius 2 is 2.35 bits per heavy atom. The van der Waals surface area contributed by atoms with Crippen molar-refractivity contribution in [2.24, 2.45) is 0 Å². The van der Waals surface area contributed by atoms with E-state index in [1.54, 1.807) is 13.8 Å². The van der Waals surface area contributed by atoms with Gasteiger partial charge in [-0.05, 0) is 26.0 Å². The van der Waals surface area contributed by atoms with Gasteiger partial charge in [0.2, 0.25) is 0 Å². The summed E-state index contributed by atoms with van der Waals surface area (Å²) in [6.45, 7) is 3.85. The standard InChI is InChI=1S/C14H15N3O6/c1-14(2)22-8-9(23-14)7-21-12-5-3-4-10(11(18)6-16-15)13(12)17(19)20/h3-6,9H,7-8H2,1-2H3/t9-/m1/s1. The Labute approximate surface area is 131 Å². The van der Waals surface area contributed by atoms with Crippen LogP contribution >= 0.6 is 0 Å². The van der Waals surface area contributed by atoms with Crippen molar-refractivity contribution in [1.82, 2.24) is 0 Å². The van der Waals surface area contributed by atoms with E-state index in [0.717, 1.165) is 0 Å². The second-order valence-corrected chi connectivity index (χ2v) is 5.28. The van der Waals surface area contributed by atoms with E-state index in [-0.39, 0.29) is 24.0 Å². The number of hydrogen-bond acceptors (Lipinski definition) is 6. The van der Waals surface area contributed by atoms with E-state index >= 15 is 0 Å². The van der Waals surface area contributed by atoms with E-state index < -0.39 is 22.2 Å². The molecule has 1 heterocycles. The van der Waals surface area contributed by atoms with Crippen molar-refractivity contribution in [1.29, 1.82) is 0 Å². The van der Waals surface area contributed by atoms with Gasteiger partial charge >= 0.3 is 11.9 Å². The van der Waals surface area contributed by atoms with Gasteiger partial charge in [-0.15, -0.1) is 0 Å². The van der Waals surface area contributed by atoms with Gasteiger partial charge in [0, 0.05) is 0 Å². The third-order valence-corrected chi connectivity index (χ3v) is 3.11. The van der Waals surface area contributed by atoms with Crippen molar-refractivity contribution in [3.63, 3.8) is 0 Å². The maximum absolute atomic E-state index is 11.8. The topological polar surface area (TPSA) is 124 Å². The molecular formula is C14H15N3O6. The number of carbonyl (C=O) groups excluding carboxylic acids is 1. The maximum Gasteiger partial charge on any atom is 0.328 e. The van der Waals surface area contributed by atoms with E-state index in [1.165, 1.54) is 18.2 Å². The summed E-state index contributed by atoms with van der Waals surface area (Å²) in [7, 11) is 0. The lowest BCUT2D eigenvalue weighted by Crippen LogP contribution is -2.25. The molecule has 0 unspecified atom stereocenters. The lowest BCUT2D eigenvalue weighted by atomic mass is 10.1. The zero-order valence-corrected chi connectivity index (χ0v) is 12.6. The number of hydrogen-bond donors (Lipinski definition) is 0. The van der Waals surface area contributed by atoms with Gasteiger partial charge in [-0.2, -0.15) is 4.79 Å². The van der Waals surface area contributed by atoms with Crippen LogP contribution in [0.3, 0.4) is 0 Å². The first kappa shape index (κ1) is 16.8. The van der Waals surface area contributed by atoms with Crippen LogP contribution in [0, 0.1) is 10.1 Å². The number of nitro benzene ring substituents is 1. The first-order valence-electron chi connectivity index (χ1n) is 6.78. The average Bonchev–Trinajstić information content (AvgIpc) is 2.84. The molecule has 1 fully saturated rings. The molecule has 0 N–H and O–H groups in total. The quantitative estimate of drug-likeness (QED) is 0.196. The lowest BCUT2D eigenvalue weighted by molar-refractivity contribution is -0.386. The van der Waals surface area contributed by atoms with Crippen molar-refractivity contribution < 1.29 is 28.7 Å². The van der Waals surface area contributed by atoms with Gasteiger partial charge in [0.1, 0.15) is 18.3 Å². The van der Waals surface area contributed by atoms with Gasteiger partial charge in [-0.3, -0.25) is 14.9 Å². The van der Waals surface area contributed by atoms with Gasteiger partial charge < -0.3 is 19.7 Å². The molecule has 1 aliphatic heterocycles. The molecule has 1 aliphatic rings. The van der Waals surface area contributed by atoms with E-state index in [2.05, 4.69) is 4.79 Å². The van der Waals surface area contributed by atoms with E-state index in [9.17, 15) is 14.9 Å². The second-order valence-electron chi connectivity index (χ2n) is 5.28. The monoisotopic (exact) mass is 321 g/mol. The Bertz CT molecular complexity index is 681. The zero-order valence-electron chi connectivity index (χ0n) is 12.6. The molecule has 9 heteroatoms. The molecule has 0 saturated carbocycles. The van der Waals surface area contributed by atoms with E-state index in [1.807, 2.05) is 0 Å². The maximum atomic E-state index is 11.8. The molecule has 1 aromatic rings. The third-order valence-electron chi connectivity index (χ3n) is 3.11. The van der Waals surface area contributed by atoms with Crippen LogP contribution in [0.1, 0.15) is 24.2 Å². The highest BCUT2D eigenvalue weighted by Gasteiger charge is 2.34. The minimum atomic E-state index is -0.800. The smallest absolute Gasteiger partial charge is 0.328 e. The minimum Gasteiger partial charge on any atom is -0.484 e. The number of para-hydroxylation sites is 1. The molecule has 1 saturated heterocycles. The van der Waals surface area contributed by atoms with Crippen molar-refractivity contribution in [3.8, 4) is 5.75 Å². The molecule has 0 amide bonds. The number of benzene rings is 1. The number of nitrogens with zero attached hydrogens (tertiary/aromatic N) is 3. The van der Waals surface area contributed by atoms with Crippen LogP contribution in [0.2, 0.25) is 0 Å². The van der Waals surface area contributed by atoms with E-state index in [4.69, 9.17) is 19.7 Å². The first-order valence-corrected chi connectivity index (χ1v) is 6.78. The predicted octanol–water partition coefficient (Wildman–Crippen LogP) is 1.61. The molecule has 9 nitrogen and oxygen atoms in total. The molecule has 0 bridgehead atoms. The SMILES string of the molecule is CC1(C)OC[C@@H](COc2cccc(C(=O)C=[N+]=[N-])c2[N+](=O)[O-])O1. The minimum absolute atomic E-state index is 0.0377. The zero-order chi connectivity index (χ0) is 17.0. The van der Waals surface area contributed by atoms with Crippen LogP contribution in [0.25, 0.3) is 5.53 Å². The summed E-state index contributed by atoms with van der Waals surface area (Å²) in [4.78, 5) is 24.9. The fourth-order valence-electron chi connectivity index (χ4n) is 2.18. The molecule has 1 aromatic carbocycles. The number of ether oxygens (including phenoxy) is 3. The van der Waals surface area contributed by atoms with Crippen molar-refractivity contribution in [2.75, 3.05) is 13.2 Å². The Balaban J connectivity index is 2.21. The summed E-state index contributed by atoms with van der Waals surface area (Å²) in [5.41, 5.74) is 7.69. The summed E-state index contributed by atoms with van der Waals surface area (Å²) in [5.74, 6) is -1.60. The predicted molar refractivity (Wildman–Crippen MR) is 77.5 cm³/mol. The van der Waals surface area contributed by atoms with Crippen LogP contribution in [-0.4, -0.2) is 46.8 Å². The van der Waals surface area contributed by atoms with Gasteiger partial charge in [0.05, 0.1) is 11.5 Å². The van der Waals surface area contributed by atoms with E-state index in [0.29, 0.717) is 12.8 Å². The summed E-state index contributed by atoms with van der Waals surface area (Å²) < 4.78 is 16.4. The van der Waals surface area contributed by atoms with Crippen LogP contribution < -0.4 is 4.74 Å². The first-order chi connectivity index (χ1) is 10.8. The molecule has 0 aromatic heterocycles. The van der Waals surface area contributed by atoms with Crippen LogP contribution in [0.5, 0.6) is 5.75 Å². The van der Waals surface area contributed by atoms with Crippen molar-refractivity contribution in [2.45, 2.75) is 25.7 Å². The molecule has 1 atom stereocenters. The fourth-order valence-corrected chi connectivity index (χ4v) is 2.18. The molecule has 23 heavy (non-hydrogen) atoms. The second kappa shape index (κ2) is 6.66. The number of rotatable bonds is 6. The highest BCUT2D eigenvalue weighted by Crippen LogP contribution is 2.32. The van der Waals surface area contributed by atoms with Gasteiger partial charge in [0.25, 0.3) is 5.78 Å². The Hall–Kier alpha value is -2.61. The number of Topliss-reactive ketones (excluding diaryl/α,β-unsaturated/α-hetero) is 1.